The number of nitrogens with zero attached hydrogens (tertiary/aromatic N) is 1. The highest BCUT2D eigenvalue weighted by atomic mass is 79.9. The van der Waals surface area contributed by atoms with Crippen molar-refractivity contribution in [3.8, 4) is 0 Å². The molecule has 1 atom stereocenters. The molecule has 0 bridgehead atoms. The number of rotatable bonds is 1. The van der Waals surface area contributed by atoms with Gasteiger partial charge < -0.3 is 5.32 Å². The molecule has 66 valence electrons. The standard InChI is InChI=1S/C8H11BrN2S/c9-8-11-7(5-12-8)6-2-1-3-10-4-6/h5-6,10H,1-4H2. The van der Waals surface area contributed by atoms with Crippen LogP contribution in [-0.2, 0) is 0 Å². The molecule has 1 aromatic rings. The van der Waals surface area contributed by atoms with E-state index in [0.29, 0.717) is 5.92 Å². The first-order chi connectivity index (χ1) is 5.86. The van der Waals surface area contributed by atoms with E-state index in [0.717, 1.165) is 10.5 Å². The fourth-order valence-corrected chi connectivity index (χ4v) is 2.66. The van der Waals surface area contributed by atoms with Gasteiger partial charge in [0.15, 0.2) is 3.92 Å². The van der Waals surface area contributed by atoms with E-state index in [1.807, 2.05) is 0 Å². The van der Waals surface area contributed by atoms with Crippen LogP contribution in [0.5, 0.6) is 0 Å². The van der Waals surface area contributed by atoms with Gasteiger partial charge in [0.1, 0.15) is 0 Å². The molecular weight excluding hydrogens is 236 g/mol. The number of halogens is 1. The summed E-state index contributed by atoms with van der Waals surface area (Å²) in [7, 11) is 0. The van der Waals surface area contributed by atoms with Gasteiger partial charge in [-0.15, -0.1) is 11.3 Å². The summed E-state index contributed by atoms with van der Waals surface area (Å²) in [6, 6.07) is 0. The van der Waals surface area contributed by atoms with Crippen LogP contribution in [0.1, 0.15) is 24.5 Å². The summed E-state index contributed by atoms with van der Waals surface area (Å²) in [5.41, 5.74) is 1.25. The second kappa shape index (κ2) is 3.85. The lowest BCUT2D eigenvalue weighted by Crippen LogP contribution is -2.28. The van der Waals surface area contributed by atoms with Gasteiger partial charge in [-0.05, 0) is 35.3 Å². The fraction of sp³-hybridized carbons (Fsp3) is 0.625. The molecule has 2 heterocycles. The number of nitrogens with one attached hydrogen (secondary N) is 1. The second-order valence-corrected chi connectivity index (χ2v) is 5.20. The van der Waals surface area contributed by atoms with Crippen molar-refractivity contribution in [2.75, 3.05) is 13.1 Å². The fourth-order valence-electron chi connectivity index (χ4n) is 1.55. The van der Waals surface area contributed by atoms with Crippen molar-refractivity contribution in [1.82, 2.24) is 10.3 Å². The average molecular weight is 247 g/mol. The molecule has 1 N–H and O–H groups in total. The van der Waals surface area contributed by atoms with Crippen LogP contribution in [0.3, 0.4) is 0 Å². The maximum Gasteiger partial charge on any atom is 0.159 e. The van der Waals surface area contributed by atoms with Gasteiger partial charge in [-0.2, -0.15) is 0 Å². The zero-order valence-corrected chi connectivity index (χ0v) is 9.12. The number of hydrogen-bond acceptors (Lipinski definition) is 3. The minimum Gasteiger partial charge on any atom is -0.316 e. The average Bonchev–Trinajstić information content (AvgIpc) is 2.54. The van der Waals surface area contributed by atoms with Gasteiger partial charge in [0.05, 0.1) is 5.69 Å². The maximum absolute atomic E-state index is 4.43. The summed E-state index contributed by atoms with van der Waals surface area (Å²) in [5.74, 6) is 0.640. The van der Waals surface area contributed by atoms with E-state index in [1.54, 1.807) is 11.3 Å². The molecular formula is C8H11BrN2S. The molecule has 2 nitrogen and oxygen atoms in total. The van der Waals surface area contributed by atoms with Crippen LogP contribution < -0.4 is 5.32 Å². The Morgan fingerprint density at radius 2 is 2.58 bits per heavy atom. The monoisotopic (exact) mass is 246 g/mol. The van der Waals surface area contributed by atoms with E-state index in [-0.39, 0.29) is 0 Å². The van der Waals surface area contributed by atoms with Gasteiger partial charge in [0.25, 0.3) is 0 Å². The molecule has 1 unspecified atom stereocenters. The first-order valence-corrected chi connectivity index (χ1v) is 5.85. The third-order valence-corrected chi connectivity index (χ3v) is 3.59. The van der Waals surface area contributed by atoms with Crippen molar-refractivity contribution < 1.29 is 0 Å². The summed E-state index contributed by atoms with van der Waals surface area (Å²) >= 11 is 5.06. The summed E-state index contributed by atoms with van der Waals surface area (Å²) in [6.45, 7) is 2.26. The molecule has 0 aliphatic carbocycles. The van der Waals surface area contributed by atoms with Crippen LogP contribution in [0.15, 0.2) is 9.30 Å². The van der Waals surface area contributed by atoms with Crippen LogP contribution >= 0.6 is 27.3 Å². The third kappa shape index (κ3) is 1.87. The molecule has 1 fully saturated rings. The molecule has 1 aromatic heterocycles. The lowest BCUT2D eigenvalue weighted by Gasteiger charge is -2.20. The van der Waals surface area contributed by atoms with Crippen LogP contribution in [-0.4, -0.2) is 18.1 Å². The van der Waals surface area contributed by atoms with Crippen LogP contribution in [0.4, 0.5) is 0 Å². The molecule has 0 amide bonds. The summed E-state index contributed by atoms with van der Waals surface area (Å²) in [5, 5.41) is 5.55. The van der Waals surface area contributed by atoms with Crippen molar-refractivity contribution in [3.05, 3.63) is 15.0 Å². The highest BCUT2D eigenvalue weighted by Crippen LogP contribution is 2.26. The Hall–Kier alpha value is 0.0700. The van der Waals surface area contributed by atoms with Gasteiger partial charge in [0.2, 0.25) is 0 Å². The summed E-state index contributed by atoms with van der Waals surface area (Å²) in [4.78, 5) is 4.43. The molecule has 2 rings (SSSR count). The van der Waals surface area contributed by atoms with Crippen molar-refractivity contribution in [2.24, 2.45) is 0 Å². The molecule has 12 heavy (non-hydrogen) atoms. The Labute approximate surface area is 84.5 Å². The van der Waals surface area contributed by atoms with Crippen molar-refractivity contribution >= 4 is 27.3 Å². The van der Waals surface area contributed by atoms with E-state index < -0.39 is 0 Å². The lowest BCUT2D eigenvalue weighted by atomic mass is 9.97. The van der Waals surface area contributed by atoms with Gasteiger partial charge >= 0.3 is 0 Å². The normalized spacial score (nSPS) is 24.2. The second-order valence-electron chi connectivity index (χ2n) is 3.07. The minimum absolute atomic E-state index is 0.640. The molecule has 0 saturated carbocycles. The predicted octanol–water partition coefficient (Wildman–Crippen LogP) is 2.37. The van der Waals surface area contributed by atoms with Gasteiger partial charge in [0, 0.05) is 17.8 Å². The molecule has 4 heteroatoms. The highest BCUT2D eigenvalue weighted by Gasteiger charge is 2.17. The van der Waals surface area contributed by atoms with E-state index in [2.05, 4.69) is 31.6 Å². The van der Waals surface area contributed by atoms with Gasteiger partial charge in [-0.25, -0.2) is 4.98 Å². The SMILES string of the molecule is Brc1nc(C2CCCNC2)cs1. The number of piperidine rings is 1. The zero-order chi connectivity index (χ0) is 8.39. The van der Waals surface area contributed by atoms with E-state index in [4.69, 9.17) is 0 Å². The van der Waals surface area contributed by atoms with Gasteiger partial charge in [-0.1, -0.05) is 0 Å². The summed E-state index contributed by atoms with van der Waals surface area (Å²) in [6.07, 6.45) is 2.56. The molecule has 1 aliphatic heterocycles. The van der Waals surface area contributed by atoms with E-state index >= 15 is 0 Å². The Morgan fingerprint density at radius 1 is 1.67 bits per heavy atom. The number of hydrogen-bond donors (Lipinski definition) is 1. The molecule has 1 aliphatic rings. The Balaban J connectivity index is 2.08. The number of thiazole rings is 1. The lowest BCUT2D eigenvalue weighted by molar-refractivity contribution is 0.456. The van der Waals surface area contributed by atoms with Crippen molar-refractivity contribution in [2.45, 2.75) is 18.8 Å². The smallest absolute Gasteiger partial charge is 0.159 e. The van der Waals surface area contributed by atoms with Crippen LogP contribution in [0.2, 0.25) is 0 Å². The maximum atomic E-state index is 4.43. The Kier molecular flexibility index (Phi) is 2.78. The Morgan fingerprint density at radius 3 is 3.17 bits per heavy atom. The largest absolute Gasteiger partial charge is 0.316 e. The van der Waals surface area contributed by atoms with Crippen molar-refractivity contribution in [3.63, 3.8) is 0 Å². The topological polar surface area (TPSA) is 24.9 Å². The zero-order valence-electron chi connectivity index (χ0n) is 6.72. The van der Waals surface area contributed by atoms with Crippen molar-refractivity contribution in [1.29, 1.82) is 0 Å². The van der Waals surface area contributed by atoms with E-state index in [9.17, 15) is 0 Å². The molecule has 0 aromatic carbocycles. The quantitative estimate of drug-likeness (QED) is 0.824. The van der Waals surface area contributed by atoms with Gasteiger partial charge in [-0.3, -0.25) is 0 Å². The predicted molar refractivity (Wildman–Crippen MR) is 54.7 cm³/mol. The van der Waals surface area contributed by atoms with Crippen LogP contribution in [0.25, 0.3) is 0 Å². The molecule has 1 saturated heterocycles. The third-order valence-electron chi connectivity index (χ3n) is 2.21. The van der Waals surface area contributed by atoms with E-state index in [1.165, 1.54) is 25.1 Å². The minimum atomic E-state index is 0.640. The van der Waals surface area contributed by atoms with Crippen LogP contribution in [0, 0.1) is 0 Å². The highest BCUT2D eigenvalue weighted by molar-refractivity contribution is 9.11. The first-order valence-electron chi connectivity index (χ1n) is 4.18. The Bertz CT molecular complexity index is 255. The molecule has 0 radical (unpaired) electrons. The molecule has 0 spiro atoms. The number of aromatic nitrogens is 1. The summed E-state index contributed by atoms with van der Waals surface area (Å²) < 4.78 is 1.00. The first kappa shape index (κ1) is 8.66.